The maximum Gasteiger partial charge on any atom is 0.405 e. The summed E-state index contributed by atoms with van der Waals surface area (Å²) < 4.78 is 0. The zero-order valence-corrected chi connectivity index (χ0v) is 13.7. The van der Waals surface area contributed by atoms with Gasteiger partial charge in [-0.3, -0.25) is 14.4 Å². The van der Waals surface area contributed by atoms with Crippen LogP contribution in [0.3, 0.4) is 0 Å². The Morgan fingerprint density at radius 2 is 1.67 bits per heavy atom. The highest BCUT2D eigenvalue weighted by molar-refractivity contribution is 8.14. The van der Waals surface area contributed by atoms with Crippen molar-refractivity contribution < 1.29 is 24.3 Å². The maximum absolute atomic E-state index is 11.8. The molecule has 0 saturated heterocycles. The zero-order valence-electron chi connectivity index (χ0n) is 12.9. The summed E-state index contributed by atoms with van der Waals surface area (Å²) >= 11 is 0.926. The molecule has 0 fully saturated rings. The van der Waals surface area contributed by atoms with Gasteiger partial charge in [-0.2, -0.15) is 0 Å². The van der Waals surface area contributed by atoms with Crippen molar-refractivity contribution in [3.05, 3.63) is 35.9 Å². The van der Waals surface area contributed by atoms with Crippen LogP contribution in [0.2, 0.25) is 0 Å². The number of hydrogen-bond acceptors (Lipinski definition) is 6. The van der Waals surface area contributed by atoms with Crippen molar-refractivity contribution in [1.29, 1.82) is 0 Å². The molecule has 1 aromatic rings. The molecule has 9 heteroatoms. The summed E-state index contributed by atoms with van der Waals surface area (Å²) in [6.45, 7) is 0.421. The zero-order chi connectivity index (χ0) is 17.8. The lowest BCUT2D eigenvalue weighted by Crippen LogP contribution is -2.38. The lowest BCUT2D eigenvalue weighted by Gasteiger charge is -2.06. The van der Waals surface area contributed by atoms with Gasteiger partial charge in [-0.1, -0.05) is 42.1 Å². The minimum Gasteiger partial charge on any atom is -0.465 e. The molecule has 0 aromatic heterocycles. The van der Waals surface area contributed by atoms with Crippen molar-refractivity contribution in [2.75, 3.05) is 31.9 Å². The van der Waals surface area contributed by atoms with Gasteiger partial charge in [0.25, 0.3) is 0 Å². The van der Waals surface area contributed by atoms with Crippen molar-refractivity contribution >= 4 is 34.7 Å². The highest BCUT2D eigenvalue weighted by atomic mass is 32.2. The van der Waals surface area contributed by atoms with E-state index in [1.54, 1.807) is 24.3 Å². The molecule has 0 aliphatic carbocycles. The van der Waals surface area contributed by atoms with Crippen molar-refractivity contribution in [2.45, 2.75) is 0 Å². The fraction of sp³-hybridized carbons (Fsp3) is 0.333. The van der Waals surface area contributed by atoms with Crippen molar-refractivity contribution in [3.63, 3.8) is 0 Å². The van der Waals surface area contributed by atoms with E-state index < -0.39 is 6.09 Å². The maximum atomic E-state index is 11.8. The molecule has 4 N–H and O–H groups in total. The van der Waals surface area contributed by atoms with Crippen LogP contribution in [0.15, 0.2) is 30.3 Å². The second-order valence-corrected chi connectivity index (χ2v) is 5.61. The second kappa shape index (κ2) is 11.2. The summed E-state index contributed by atoms with van der Waals surface area (Å²) in [4.78, 5) is 44.8. The first kappa shape index (κ1) is 19.7. The minimum atomic E-state index is -1.25. The average molecular weight is 353 g/mol. The minimum absolute atomic E-state index is 0.0113. The van der Waals surface area contributed by atoms with Crippen LogP contribution < -0.4 is 16.0 Å². The van der Waals surface area contributed by atoms with Crippen molar-refractivity contribution in [2.24, 2.45) is 0 Å². The number of ketones is 1. The highest BCUT2D eigenvalue weighted by Gasteiger charge is 2.09. The van der Waals surface area contributed by atoms with E-state index in [-0.39, 0.29) is 35.6 Å². The summed E-state index contributed by atoms with van der Waals surface area (Å²) in [6.07, 6.45) is -1.25. The molecule has 0 saturated carbocycles. The number of amides is 2. The molecule has 1 rings (SSSR count). The number of thioether (sulfide) groups is 1. The third-order valence-corrected chi connectivity index (χ3v) is 3.63. The first-order valence-electron chi connectivity index (χ1n) is 7.17. The van der Waals surface area contributed by atoms with Crippen LogP contribution in [0, 0.1) is 0 Å². The van der Waals surface area contributed by atoms with Gasteiger partial charge in [0.1, 0.15) is 0 Å². The molecule has 0 aliphatic rings. The summed E-state index contributed by atoms with van der Waals surface area (Å²) in [5, 5.41) is 15.5. The van der Waals surface area contributed by atoms with Gasteiger partial charge in [0, 0.05) is 18.7 Å². The van der Waals surface area contributed by atoms with Gasteiger partial charge in [0.15, 0.2) is 5.78 Å². The number of Topliss-reactive ketones (excluding diaryl/α,β-unsaturated/α-hetero) is 1. The molecule has 0 bridgehead atoms. The summed E-state index contributed by atoms with van der Waals surface area (Å²) in [6, 6.07) is 8.70. The number of carboxylic acid groups (broad SMARTS) is 1. The summed E-state index contributed by atoms with van der Waals surface area (Å²) in [7, 11) is 0. The van der Waals surface area contributed by atoms with Crippen LogP contribution in [0.4, 0.5) is 4.79 Å². The Hall–Kier alpha value is -2.39. The van der Waals surface area contributed by atoms with Gasteiger partial charge in [0.2, 0.25) is 11.0 Å². The lowest BCUT2D eigenvalue weighted by atomic mass is 10.2. The van der Waals surface area contributed by atoms with Crippen LogP contribution in [0.1, 0.15) is 10.4 Å². The quantitative estimate of drug-likeness (QED) is 0.440. The number of benzene rings is 1. The molecule has 0 heterocycles. The number of hydrogen-bond donors (Lipinski definition) is 4. The fourth-order valence-electron chi connectivity index (χ4n) is 1.59. The number of rotatable bonds is 10. The highest BCUT2D eigenvalue weighted by Crippen LogP contribution is 2.11. The molecule has 8 nitrogen and oxygen atoms in total. The molecule has 0 unspecified atom stereocenters. The number of carbonyl (C=O) groups is 4. The first-order chi connectivity index (χ1) is 11.5. The predicted molar refractivity (Wildman–Crippen MR) is 90.1 cm³/mol. The van der Waals surface area contributed by atoms with Gasteiger partial charge < -0.3 is 21.1 Å². The predicted octanol–water partition coefficient (Wildman–Crippen LogP) is 0.103. The Bertz CT molecular complexity index is 580. The number of nitrogens with one attached hydrogen (secondary N) is 3. The molecular weight excluding hydrogens is 334 g/mol. The third-order valence-electron chi connectivity index (χ3n) is 2.73. The Labute approximate surface area is 143 Å². The Morgan fingerprint density at radius 3 is 2.33 bits per heavy atom. The van der Waals surface area contributed by atoms with Gasteiger partial charge in [-0.25, -0.2) is 4.79 Å². The molecule has 0 atom stereocenters. The molecule has 0 spiro atoms. The summed E-state index contributed by atoms with van der Waals surface area (Å²) in [5.41, 5.74) is 0.547. The standard InChI is InChI=1S/C15H19N3O5S/c19-12(9-18-15(22)23)8-16-6-7-17-13(20)10-24-14(21)11-4-2-1-3-5-11/h1-5,16,18H,6-10H2,(H,17,20)(H,22,23). The SMILES string of the molecule is O=C(CNCCNC(=O)CSC(=O)c1ccccc1)CNC(=O)O. The second-order valence-electron chi connectivity index (χ2n) is 4.67. The molecule has 1 aromatic carbocycles. The van der Waals surface area contributed by atoms with Gasteiger partial charge in [-0.15, -0.1) is 0 Å². The topological polar surface area (TPSA) is 125 Å². The Kier molecular flexibility index (Phi) is 9.17. The van der Waals surface area contributed by atoms with Gasteiger partial charge in [-0.05, 0) is 0 Å². The van der Waals surface area contributed by atoms with Gasteiger partial charge >= 0.3 is 6.09 Å². The van der Waals surface area contributed by atoms with Crippen LogP contribution in [0.25, 0.3) is 0 Å². The normalized spacial score (nSPS) is 10.0. The fourth-order valence-corrected chi connectivity index (χ4v) is 2.26. The van der Waals surface area contributed by atoms with Crippen LogP contribution in [-0.4, -0.2) is 59.9 Å². The van der Waals surface area contributed by atoms with Crippen LogP contribution in [-0.2, 0) is 9.59 Å². The third kappa shape index (κ3) is 8.91. The van der Waals surface area contributed by atoms with E-state index in [0.29, 0.717) is 18.7 Å². The summed E-state index contributed by atoms with van der Waals surface area (Å²) in [5.74, 6) is -0.549. The molecule has 130 valence electrons. The van der Waals surface area contributed by atoms with Crippen molar-refractivity contribution in [1.82, 2.24) is 16.0 Å². The smallest absolute Gasteiger partial charge is 0.405 e. The Morgan fingerprint density at radius 1 is 0.958 bits per heavy atom. The average Bonchev–Trinajstić information content (AvgIpc) is 2.58. The van der Waals surface area contributed by atoms with Crippen molar-refractivity contribution in [3.8, 4) is 0 Å². The largest absolute Gasteiger partial charge is 0.465 e. The van der Waals surface area contributed by atoms with E-state index in [0.717, 1.165) is 11.8 Å². The van der Waals surface area contributed by atoms with E-state index in [1.807, 2.05) is 11.4 Å². The molecule has 0 radical (unpaired) electrons. The lowest BCUT2D eigenvalue weighted by molar-refractivity contribution is -0.118. The van der Waals surface area contributed by atoms with Crippen LogP contribution in [0.5, 0.6) is 0 Å². The van der Waals surface area contributed by atoms with E-state index in [1.165, 1.54) is 0 Å². The van der Waals surface area contributed by atoms with E-state index >= 15 is 0 Å². The van der Waals surface area contributed by atoms with E-state index in [4.69, 9.17) is 5.11 Å². The van der Waals surface area contributed by atoms with E-state index in [9.17, 15) is 19.2 Å². The first-order valence-corrected chi connectivity index (χ1v) is 8.15. The monoisotopic (exact) mass is 353 g/mol. The number of carbonyl (C=O) groups excluding carboxylic acids is 3. The van der Waals surface area contributed by atoms with E-state index in [2.05, 4.69) is 10.6 Å². The van der Waals surface area contributed by atoms with Crippen LogP contribution >= 0.6 is 11.8 Å². The molecule has 0 aliphatic heterocycles. The Balaban J connectivity index is 2.07. The molecular formula is C15H19N3O5S. The van der Waals surface area contributed by atoms with Gasteiger partial charge in [0.05, 0.1) is 18.8 Å². The molecule has 24 heavy (non-hydrogen) atoms. The molecule has 2 amide bonds.